The van der Waals surface area contributed by atoms with Crippen molar-refractivity contribution in [3.05, 3.63) is 46.0 Å². The molecule has 6 nitrogen and oxygen atoms in total. The Kier molecular flexibility index (Phi) is 4.32. The van der Waals surface area contributed by atoms with Gasteiger partial charge in [0.05, 0.1) is 5.39 Å². The van der Waals surface area contributed by atoms with Crippen LogP contribution in [-0.4, -0.2) is 25.9 Å². The highest BCUT2D eigenvalue weighted by Gasteiger charge is 2.33. The number of pyridine rings is 1. The van der Waals surface area contributed by atoms with E-state index < -0.39 is 0 Å². The van der Waals surface area contributed by atoms with Gasteiger partial charge in [0, 0.05) is 19.3 Å². The molecule has 1 N–H and O–H groups in total. The summed E-state index contributed by atoms with van der Waals surface area (Å²) in [4.78, 5) is 30.6. The van der Waals surface area contributed by atoms with Gasteiger partial charge in [0.2, 0.25) is 0 Å². The van der Waals surface area contributed by atoms with Gasteiger partial charge in [0.25, 0.3) is 11.5 Å². The summed E-state index contributed by atoms with van der Waals surface area (Å²) >= 11 is 0. The second kappa shape index (κ2) is 6.47. The zero-order valence-electron chi connectivity index (χ0n) is 17.2. The van der Waals surface area contributed by atoms with Crippen LogP contribution in [-0.2, 0) is 7.05 Å². The van der Waals surface area contributed by atoms with Gasteiger partial charge in [-0.2, -0.15) is 0 Å². The Morgan fingerprint density at radius 1 is 1.29 bits per heavy atom. The number of carbonyl (C=O) groups is 1. The van der Waals surface area contributed by atoms with E-state index in [0.717, 1.165) is 18.4 Å². The third-order valence-corrected chi connectivity index (χ3v) is 5.98. The normalized spacial score (nSPS) is 21.9. The smallest absolute Gasteiger partial charge is 0.268 e. The third-order valence-electron chi connectivity index (χ3n) is 5.98. The molecule has 0 spiro atoms. The van der Waals surface area contributed by atoms with Crippen molar-refractivity contribution in [2.24, 2.45) is 18.4 Å². The minimum atomic E-state index is -0.147. The van der Waals surface area contributed by atoms with E-state index in [1.165, 1.54) is 6.42 Å². The number of aromatic nitrogens is 3. The summed E-state index contributed by atoms with van der Waals surface area (Å²) in [5, 5.41) is 3.66. The fraction of sp³-hybridized carbons (Fsp3) is 0.500. The highest BCUT2D eigenvalue weighted by atomic mass is 16.2. The molecule has 3 heterocycles. The lowest BCUT2D eigenvalue weighted by atomic mass is 9.70. The predicted molar refractivity (Wildman–Crippen MR) is 111 cm³/mol. The van der Waals surface area contributed by atoms with Crippen LogP contribution in [0.5, 0.6) is 0 Å². The molecule has 0 saturated heterocycles. The number of hydrogen-bond donors (Lipinski definition) is 1. The average molecular weight is 380 g/mol. The SMILES string of the molecule is Cc1cccn2c(=O)c3cc(C(=O)N[C@@H]4C[C@@H](C)CC(C)(C)C4)n(C)c3nc12. The lowest BCUT2D eigenvalue weighted by Gasteiger charge is -2.39. The Balaban J connectivity index is 1.73. The summed E-state index contributed by atoms with van der Waals surface area (Å²) in [6.45, 7) is 8.69. The third kappa shape index (κ3) is 3.11. The standard InChI is InChI=1S/C22H28N4O2/c1-13-9-15(12-22(3,4)11-13)23-20(27)17-10-16-19(25(17)5)24-18-14(2)7-6-8-26(18)21(16)28/h6-8,10,13,15H,9,11-12H2,1-5H3,(H,23,27)/t13-,15-/m1/s1. The highest BCUT2D eigenvalue weighted by molar-refractivity contribution is 5.98. The zero-order chi connectivity index (χ0) is 20.2. The van der Waals surface area contributed by atoms with Gasteiger partial charge in [0.15, 0.2) is 0 Å². The molecule has 0 aliphatic heterocycles. The maximum atomic E-state index is 13.0. The van der Waals surface area contributed by atoms with Gasteiger partial charge in [-0.25, -0.2) is 4.98 Å². The lowest BCUT2D eigenvalue weighted by molar-refractivity contribution is 0.0866. The Morgan fingerprint density at radius 2 is 2.04 bits per heavy atom. The predicted octanol–water partition coefficient (Wildman–Crippen LogP) is 3.44. The molecule has 148 valence electrons. The van der Waals surface area contributed by atoms with Crippen molar-refractivity contribution in [1.82, 2.24) is 19.3 Å². The molecule has 0 unspecified atom stereocenters. The van der Waals surface area contributed by atoms with Crippen LogP contribution in [0.1, 0.15) is 56.1 Å². The minimum Gasteiger partial charge on any atom is -0.348 e. The van der Waals surface area contributed by atoms with Gasteiger partial charge in [-0.1, -0.05) is 26.8 Å². The second-order valence-electron chi connectivity index (χ2n) is 9.21. The first kappa shape index (κ1) is 18.7. The first-order valence-corrected chi connectivity index (χ1v) is 9.94. The molecule has 1 aliphatic rings. The van der Waals surface area contributed by atoms with Crippen LogP contribution in [0.2, 0.25) is 0 Å². The summed E-state index contributed by atoms with van der Waals surface area (Å²) in [5.41, 5.74) is 2.64. The number of nitrogens with one attached hydrogen (secondary N) is 1. The molecular formula is C22H28N4O2. The Labute approximate surface area is 164 Å². The van der Waals surface area contributed by atoms with Crippen LogP contribution >= 0.6 is 0 Å². The Hall–Kier alpha value is -2.63. The van der Waals surface area contributed by atoms with Gasteiger partial charge in [-0.15, -0.1) is 0 Å². The van der Waals surface area contributed by atoms with E-state index in [0.29, 0.717) is 28.3 Å². The van der Waals surface area contributed by atoms with Gasteiger partial charge in [-0.3, -0.25) is 14.0 Å². The summed E-state index contributed by atoms with van der Waals surface area (Å²) < 4.78 is 3.28. The molecule has 0 bridgehead atoms. The lowest BCUT2D eigenvalue weighted by Crippen LogP contribution is -2.43. The summed E-state index contributed by atoms with van der Waals surface area (Å²) in [6, 6.07) is 5.59. The molecule has 4 rings (SSSR count). The van der Waals surface area contributed by atoms with Crippen molar-refractivity contribution in [2.75, 3.05) is 0 Å². The quantitative estimate of drug-likeness (QED) is 0.740. The molecule has 2 atom stereocenters. The molecular weight excluding hydrogens is 352 g/mol. The van der Waals surface area contributed by atoms with E-state index in [-0.39, 0.29) is 22.9 Å². The van der Waals surface area contributed by atoms with E-state index >= 15 is 0 Å². The van der Waals surface area contributed by atoms with Crippen molar-refractivity contribution in [1.29, 1.82) is 0 Å². The highest BCUT2D eigenvalue weighted by Crippen LogP contribution is 2.38. The Bertz CT molecular complexity index is 1140. The fourth-order valence-electron chi connectivity index (χ4n) is 4.96. The molecule has 1 saturated carbocycles. The first-order valence-electron chi connectivity index (χ1n) is 9.94. The number of rotatable bonds is 2. The van der Waals surface area contributed by atoms with Crippen LogP contribution in [0.15, 0.2) is 29.2 Å². The van der Waals surface area contributed by atoms with Crippen LogP contribution in [0.25, 0.3) is 16.7 Å². The van der Waals surface area contributed by atoms with Crippen LogP contribution in [0.3, 0.4) is 0 Å². The van der Waals surface area contributed by atoms with Crippen LogP contribution < -0.4 is 10.9 Å². The topological polar surface area (TPSA) is 68.4 Å². The van der Waals surface area contributed by atoms with Crippen molar-refractivity contribution >= 4 is 22.6 Å². The Morgan fingerprint density at radius 3 is 2.75 bits per heavy atom. The van der Waals surface area contributed by atoms with Crippen molar-refractivity contribution in [3.8, 4) is 0 Å². The average Bonchev–Trinajstić information content (AvgIpc) is 2.92. The monoisotopic (exact) mass is 380 g/mol. The molecule has 0 radical (unpaired) electrons. The molecule has 28 heavy (non-hydrogen) atoms. The molecule has 3 aromatic rings. The molecule has 0 aromatic carbocycles. The number of aryl methyl sites for hydroxylation is 2. The second-order valence-corrected chi connectivity index (χ2v) is 9.21. The summed E-state index contributed by atoms with van der Waals surface area (Å²) in [5.74, 6) is 0.446. The maximum absolute atomic E-state index is 13.0. The summed E-state index contributed by atoms with van der Waals surface area (Å²) in [7, 11) is 1.80. The van der Waals surface area contributed by atoms with Crippen LogP contribution in [0.4, 0.5) is 0 Å². The number of hydrogen-bond acceptors (Lipinski definition) is 3. The van der Waals surface area contributed by atoms with Gasteiger partial charge in [0.1, 0.15) is 17.0 Å². The minimum absolute atomic E-state index is 0.138. The summed E-state index contributed by atoms with van der Waals surface area (Å²) in [6.07, 6.45) is 4.86. The number of carbonyl (C=O) groups excluding carboxylic acids is 1. The van der Waals surface area contributed by atoms with Crippen molar-refractivity contribution < 1.29 is 4.79 Å². The van der Waals surface area contributed by atoms with Crippen molar-refractivity contribution in [2.45, 2.75) is 53.0 Å². The van der Waals surface area contributed by atoms with E-state index in [9.17, 15) is 9.59 Å². The molecule has 6 heteroatoms. The number of fused-ring (bicyclic) bond motifs is 2. The van der Waals surface area contributed by atoms with Crippen LogP contribution in [0, 0.1) is 18.3 Å². The van der Waals surface area contributed by atoms with Gasteiger partial charge in [-0.05, 0) is 55.2 Å². The van der Waals surface area contributed by atoms with E-state index in [2.05, 4.69) is 31.1 Å². The molecule has 3 aromatic heterocycles. The molecule has 1 amide bonds. The fourth-order valence-corrected chi connectivity index (χ4v) is 4.96. The van der Waals surface area contributed by atoms with E-state index in [4.69, 9.17) is 0 Å². The van der Waals surface area contributed by atoms with Gasteiger partial charge < -0.3 is 9.88 Å². The largest absolute Gasteiger partial charge is 0.348 e. The number of nitrogens with zero attached hydrogens (tertiary/aromatic N) is 3. The van der Waals surface area contributed by atoms with E-state index in [1.807, 2.05) is 19.1 Å². The first-order chi connectivity index (χ1) is 13.2. The molecule has 1 aliphatic carbocycles. The zero-order valence-corrected chi connectivity index (χ0v) is 17.2. The molecule has 1 fully saturated rings. The van der Waals surface area contributed by atoms with E-state index in [1.54, 1.807) is 28.3 Å². The maximum Gasteiger partial charge on any atom is 0.268 e. The van der Waals surface area contributed by atoms with Gasteiger partial charge >= 0.3 is 0 Å². The van der Waals surface area contributed by atoms with Crippen molar-refractivity contribution in [3.63, 3.8) is 0 Å². The number of amides is 1.